The second-order valence-electron chi connectivity index (χ2n) is 5.98. The van der Waals surface area contributed by atoms with E-state index in [0.29, 0.717) is 30.8 Å². The van der Waals surface area contributed by atoms with Crippen molar-refractivity contribution < 1.29 is 14.0 Å². The Hall–Kier alpha value is -2.50. The van der Waals surface area contributed by atoms with Crippen LogP contribution in [0.3, 0.4) is 0 Å². The van der Waals surface area contributed by atoms with Crippen LogP contribution in [-0.2, 0) is 6.42 Å². The topological polar surface area (TPSA) is 88.6 Å². The molecular weight excluding hydrogens is 294 g/mol. The lowest BCUT2D eigenvalue weighted by Gasteiger charge is -2.13. The summed E-state index contributed by atoms with van der Waals surface area (Å²) in [5.74, 6) is 0.102. The first-order valence-corrected chi connectivity index (χ1v) is 7.91. The van der Waals surface area contributed by atoms with Crippen LogP contribution in [0.15, 0.2) is 28.9 Å². The Kier molecular flexibility index (Phi) is 4.23. The average molecular weight is 315 g/mol. The van der Waals surface area contributed by atoms with Crippen molar-refractivity contribution in [3.05, 3.63) is 35.6 Å². The monoisotopic (exact) mass is 315 g/mol. The van der Waals surface area contributed by atoms with E-state index >= 15 is 0 Å². The number of aryl methyl sites for hydroxylation is 1. The van der Waals surface area contributed by atoms with Crippen molar-refractivity contribution in [3.63, 3.8) is 0 Å². The predicted molar refractivity (Wildman–Crippen MR) is 87.2 cm³/mol. The van der Waals surface area contributed by atoms with Crippen LogP contribution in [0.25, 0.3) is 11.0 Å². The molecule has 0 bridgehead atoms. The van der Waals surface area contributed by atoms with Gasteiger partial charge in [-0.1, -0.05) is 13.0 Å². The molecule has 2 aromatic rings. The zero-order valence-corrected chi connectivity index (χ0v) is 13.2. The number of rotatable bonds is 4. The summed E-state index contributed by atoms with van der Waals surface area (Å²) in [7, 11) is 0. The van der Waals surface area contributed by atoms with Gasteiger partial charge in [-0.2, -0.15) is 0 Å². The average Bonchev–Trinajstić information content (AvgIpc) is 3.18. The number of carbonyl (C=O) groups is 2. The second kappa shape index (κ2) is 6.32. The third-order valence-electron chi connectivity index (χ3n) is 4.44. The summed E-state index contributed by atoms with van der Waals surface area (Å²) in [5, 5.41) is 3.78. The van der Waals surface area contributed by atoms with Gasteiger partial charge in [0.1, 0.15) is 11.8 Å². The van der Waals surface area contributed by atoms with Gasteiger partial charge < -0.3 is 20.4 Å². The number of urea groups is 1. The molecule has 122 valence electrons. The quantitative estimate of drug-likeness (QED) is 0.906. The summed E-state index contributed by atoms with van der Waals surface area (Å²) < 4.78 is 5.46. The van der Waals surface area contributed by atoms with Gasteiger partial charge in [-0.05, 0) is 36.5 Å². The van der Waals surface area contributed by atoms with E-state index in [9.17, 15) is 9.59 Å². The van der Waals surface area contributed by atoms with Gasteiger partial charge in [-0.25, -0.2) is 4.79 Å². The molecule has 1 aromatic heterocycles. The van der Waals surface area contributed by atoms with Gasteiger partial charge in [0.25, 0.3) is 5.91 Å². The Balaban J connectivity index is 1.66. The molecule has 3 rings (SSSR count). The predicted octanol–water partition coefficient (Wildman–Crippen LogP) is 2.13. The fraction of sp³-hybridized carbons (Fsp3) is 0.412. The lowest BCUT2D eigenvalue weighted by Crippen LogP contribution is -2.35. The Morgan fingerprint density at radius 2 is 2.26 bits per heavy atom. The minimum Gasteiger partial charge on any atom is -0.463 e. The fourth-order valence-electron chi connectivity index (χ4n) is 3.00. The molecule has 0 aliphatic carbocycles. The van der Waals surface area contributed by atoms with E-state index in [1.54, 1.807) is 4.90 Å². The van der Waals surface area contributed by atoms with Crippen LogP contribution >= 0.6 is 0 Å². The summed E-state index contributed by atoms with van der Waals surface area (Å²) in [6.07, 6.45) is 3.27. The van der Waals surface area contributed by atoms with Crippen LogP contribution in [0.5, 0.6) is 0 Å². The first-order valence-electron chi connectivity index (χ1n) is 7.91. The third-order valence-corrected chi connectivity index (χ3v) is 4.44. The zero-order chi connectivity index (χ0) is 16.4. The molecule has 3 N–H and O–H groups in total. The number of benzene rings is 1. The van der Waals surface area contributed by atoms with Crippen molar-refractivity contribution in [1.82, 2.24) is 10.2 Å². The van der Waals surface area contributed by atoms with Crippen molar-refractivity contribution in [2.75, 3.05) is 19.6 Å². The maximum atomic E-state index is 12.4. The fourth-order valence-corrected chi connectivity index (χ4v) is 3.00. The second-order valence-corrected chi connectivity index (χ2v) is 5.98. The number of nitrogens with one attached hydrogen (secondary N) is 1. The van der Waals surface area contributed by atoms with E-state index in [1.807, 2.05) is 18.2 Å². The molecular formula is C17H21N3O3. The molecule has 1 aliphatic heterocycles. The molecule has 1 atom stereocenters. The Labute approximate surface area is 134 Å². The van der Waals surface area contributed by atoms with E-state index < -0.39 is 6.03 Å². The van der Waals surface area contributed by atoms with E-state index in [1.165, 1.54) is 11.8 Å². The molecule has 1 unspecified atom stereocenters. The first kappa shape index (κ1) is 15.4. The van der Waals surface area contributed by atoms with E-state index in [-0.39, 0.29) is 11.8 Å². The zero-order valence-electron chi connectivity index (χ0n) is 13.2. The molecule has 23 heavy (non-hydrogen) atoms. The van der Waals surface area contributed by atoms with Crippen LogP contribution in [0, 0.1) is 5.92 Å². The minimum atomic E-state index is -0.397. The normalized spacial score (nSPS) is 17.6. The number of fused-ring (bicyclic) bond motifs is 1. The first-order chi connectivity index (χ1) is 11.1. The summed E-state index contributed by atoms with van der Waals surface area (Å²) in [4.78, 5) is 25.2. The summed E-state index contributed by atoms with van der Waals surface area (Å²) in [6, 6.07) is 5.50. The molecule has 3 amide bonds. The van der Waals surface area contributed by atoms with E-state index in [4.69, 9.17) is 10.2 Å². The van der Waals surface area contributed by atoms with Crippen molar-refractivity contribution >= 4 is 22.9 Å². The molecule has 6 heteroatoms. The smallest absolute Gasteiger partial charge is 0.314 e. The van der Waals surface area contributed by atoms with Crippen molar-refractivity contribution in [1.29, 1.82) is 0 Å². The van der Waals surface area contributed by atoms with Gasteiger partial charge in [-0.3, -0.25) is 4.79 Å². The third kappa shape index (κ3) is 3.16. The van der Waals surface area contributed by atoms with Crippen LogP contribution in [0.2, 0.25) is 0 Å². The highest BCUT2D eigenvalue weighted by Crippen LogP contribution is 2.23. The van der Waals surface area contributed by atoms with Gasteiger partial charge in [0.2, 0.25) is 0 Å². The van der Waals surface area contributed by atoms with E-state index in [2.05, 4.69) is 12.2 Å². The Morgan fingerprint density at radius 3 is 2.96 bits per heavy atom. The summed E-state index contributed by atoms with van der Waals surface area (Å²) >= 11 is 0. The van der Waals surface area contributed by atoms with Crippen LogP contribution in [-0.4, -0.2) is 36.5 Å². The van der Waals surface area contributed by atoms with Gasteiger partial charge in [0.15, 0.2) is 0 Å². The molecule has 1 saturated heterocycles. The number of carbonyl (C=O) groups excluding carboxylic acids is 2. The molecule has 0 saturated carbocycles. The molecule has 6 nitrogen and oxygen atoms in total. The highest BCUT2D eigenvalue weighted by atomic mass is 16.3. The van der Waals surface area contributed by atoms with Gasteiger partial charge in [0, 0.05) is 25.0 Å². The SMILES string of the molecule is CCc1ccc2occ(C(=O)NCC3CCN(C(N)=O)C3)c2c1. The highest BCUT2D eigenvalue weighted by molar-refractivity contribution is 6.06. The Bertz CT molecular complexity index is 738. The van der Waals surface area contributed by atoms with E-state index in [0.717, 1.165) is 18.2 Å². The number of furan rings is 1. The number of nitrogens with two attached hydrogens (primary N) is 1. The number of likely N-dealkylation sites (tertiary alicyclic amines) is 1. The molecule has 1 fully saturated rings. The lowest BCUT2D eigenvalue weighted by molar-refractivity contribution is 0.0948. The Morgan fingerprint density at radius 1 is 1.43 bits per heavy atom. The largest absolute Gasteiger partial charge is 0.463 e. The maximum Gasteiger partial charge on any atom is 0.314 e. The molecule has 0 spiro atoms. The van der Waals surface area contributed by atoms with Crippen molar-refractivity contribution in [3.8, 4) is 0 Å². The van der Waals surface area contributed by atoms with Crippen LogP contribution in [0.4, 0.5) is 4.79 Å². The number of primary amides is 1. The standard InChI is InChI=1S/C17H21N3O3/c1-2-11-3-4-15-13(7-11)14(10-23-15)16(21)19-8-12-5-6-20(9-12)17(18)22/h3-4,7,10,12H,2,5-6,8-9H2,1H3,(H2,18,22)(H,19,21). The number of amides is 3. The van der Waals surface area contributed by atoms with Crippen molar-refractivity contribution in [2.45, 2.75) is 19.8 Å². The summed E-state index contributed by atoms with van der Waals surface area (Å²) in [6.45, 7) is 3.86. The number of nitrogens with zero attached hydrogens (tertiary/aromatic N) is 1. The van der Waals surface area contributed by atoms with Gasteiger partial charge >= 0.3 is 6.03 Å². The van der Waals surface area contributed by atoms with Gasteiger partial charge in [0.05, 0.1) is 5.56 Å². The number of hydrogen-bond donors (Lipinski definition) is 2. The van der Waals surface area contributed by atoms with Gasteiger partial charge in [-0.15, -0.1) is 0 Å². The van der Waals surface area contributed by atoms with Crippen LogP contribution in [0.1, 0.15) is 29.3 Å². The minimum absolute atomic E-state index is 0.144. The number of hydrogen-bond acceptors (Lipinski definition) is 3. The van der Waals surface area contributed by atoms with Crippen molar-refractivity contribution in [2.24, 2.45) is 11.7 Å². The maximum absolute atomic E-state index is 12.4. The van der Waals surface area contributed by atoms with Crippen LogP contribution < -0.4 is 11.1 Å². The molecule has 1 aromatic carbocycles. The summed E-state index contributed by atoms with van der Waals surface area (Å²) in [5.41, 5.74) is 7.71. The lowest BCUT2D eigenvalue weighted by atomic mass is 10.1. The highest BCUT2D eigenvalue weighted by Gasteiger charge is 2.25. The molecule has 2 heterocycles. The molecule has 1 aliphatic rings. The molecule has 0 radical (unpaired) electrons.